The summed E-state index contributed by atoms with van der Waals surface area (Å²) in [5, 5.41) is 9.77. The first kappa shape index (κ1) is 14.3. The molecular formula is C15H23NO3. The molecule has 19 heavy (non-hydrogen) atoms. The minimum Gasteiger partial charge on any atom is -0.492 e. The lowest BCUT2D eigenvalue weighted by molar-refractivity contribution is 0.0320. The van der Waals surface area contributed by atoms with Crippen molar-refractivity contribution in [2.75, 3.05) is 39.5 Å². The van der Waals surface area contributed by atoms with Crippen molar-refractivity contribution in [1.29, 1.82) is 0 Å². The van der Waals surface area contributed by atoms with Crippen molar-refractivity contribution < 1.29 is 14.6 Å². The van der Waals surface area contributed by atoms with Crippen molar-refractivity contribution in [3.63, 3.8) is 0 Å². The molecule has 0 saturated carbocycles. The number of hydrogen-bond acceptors (Lipinski definition) is 4. The Balaban J connectivity index is 1.88. The zero-order chi connectivity index (χ0) is 13.7. The van der Waals surface area contributed by atoms with Gasteiger partial charge in [0, 0.05) is 25.2 Å². The molecule has 0 bridgehead atoms. The summed E-state index contributed by atoms with van der Waals surface area (Å²) in [5.74, 6) is 0.786. The van der Waals surface area contributed by atoms with E-state index in [1.54, 1.807) is 6.92 Å². The highest BCUT2D eigenvalue weighted by molar-refractivity contribution is 5.38. The minimum absolute atomic E-state index is 0.502. The van der Waals surface area contributed by atoms with Crippen molar-refractivity contribution in [3.05, 3.63) is 29.3 Å². The number of aliphatic hydroxyl groups excluding tert-OH is 1. The van der Waals surface area contributed by atoms with Crippen LogP contribution in [0.1, 0.15) is 24.2 Å². The Labute approximate surface area is 114 Å². The van der Waals surface area contributed by atoms with Crippen molar-refractivity contribution in [2.24, 2.45) is 0 Å². The monoisotopic (exact) mass is 265 g/mol. The molecule has 1 atom stereocenters. The maximum atomic E-state index is 9.77. The second-order valence-corrected chi connectivity index (χ2v) is 5.02. The van der Waals surface area contributed by atoms with Gasteiger partial charge in [0.1, 0.15) is 12.4 Å². The fourth-order valence-electron chi connectivity index (χ4n) is 2.24. The summed E-state index contributed by atoms with van der Waals surface area (Å²) in [6, 6.07) is 5.93. The highest BCUT2D eigenvalue weighted by Gasteiger charge is 2.12. The minimum atomic E-state index is -0.502. The molecule has 1 aromatic carbocycles. The van der Waals surface area contributed by atoms with Gasteiger partial charge in [0.05, 0.1) is 19.3 Å². The lowest BCUT2D eigenvalue weighted by Gasteiger charge is -2.26. The molecule has 1 unspecified atom stereocenters. The zero-order valence-electron chi connectivity index (χ0n) is 11.8. The van der Waals surface area contributed by atoms with Gasteiger partial charge in [-0.25, -0.2) is 0 Å². The summed E-state index contributed by atoms with van der Waals surface area (Å²) in [5.41, 5.74) is 2.00. The van der Waals surface area contributed by atoms with E-state index in [-0.39, 0.29) is 0 Å². The molecule has 0 radical (unpaired) electrons. The summed E-state index contributed by atoms with van der Waals surface area (Å²) in [6.07, 6.45) is -0.502. The maximum absolute atomic E-state index is 9.77. The highest BCUT2D eigenvalue weighted by Crippen LogP contribution is 2.26. The fraction of sp³-hybridized carbons (Fsp3) is 0.600. The molecule has 1 aliphatic rings. The van der Waals surface area contributed by atoms with Crippen LogP contribution in [0.4, 0.5) is 0 Å². The molecule has 0 amide bonds. The third-order valence-corrected chi connectivity index (χ3v) is 3.38. The molecule has 1 aromatic rings. The van der Waals surface area contributed by atoms with E-state index < -0.39 is 6.10 Å². The van der Waals surface area contributed by atoms with Crippen molar-refractivity contribution in [1.82, 2.24) is 4.90 Å². The van der Waals surface area contributed by atoms with Crippen molar-refractivity contribution in [2.45, 2.75) is 20.0 Å². The second kappa shape index (κ2) is 6.89. The number of aryl methyl sites for hydroxylation is 1. The smallest absolute Gasteiger partial charge is 0.125 e. The van der Waals surface area contributed by atoms with E-state index in [1.807, 2.05) is 25.1 Å². The van der Waals surface area contributed by atoms with Gasteiger partial charge in [-0.3, -0.25) is 4.90 Å². The molecule has 2 rings (SSSR count). The summed E-state index contributed by atoms with van der Waals surface area (Å²) in [4.78, 5) is 2.33. The number of morpholine rings is 1. The van der Waals surface area contributed by atoms with Crippen LogP contribution < -0.4 is 4.74 Å². The van der Waals surface area contributed by atoms with E-state index >= 15 is 0 Å². The third kappa shape index (κ3) is 4.20. The topological polar surface area (TPSA) is 41.9 Å². The van der Waals surface area contributed by atoms with E-state index in [2.05, 4.69) is 4.90 Å². The summed E-state index contributed by atoms with van der Waals surface area (Å²) in [6.45, 7) is 8.89. The molecule has 4 heteroatoms. The average molecular weight is 265 g/mol. The van der Waals surface area contributed by atoms with Crippen LogP contribution in [0.15, 0.2) is 18.2 Å². The van der Waals surface area contributed by atoms with Crippen LogP contribution in [-0.2, 0) is 4.74 Å². The Kier molecular flexibility index (Phi) is 5.19. The first-order valence-corrected chi connectivity index (χ1v) is 6.88. The molecule has 0 aromatic heterocycles. The Bertz CT molecular complexity index is 400. The molecule has 106 valence electrons. The first-order chi connectivity index (χ1) is 9.16. The average Bonchev–Trinajstić information content (AvgIpc) is 2.41. The van der Waals surface area contributed by atoms with E-state index in [9.17, 15) is 5.11 Å². The van der Waals surface area contributed by atoms with E-state index in [0.717, 1.165) is 49.7 Å². The fourth-order valence-corrected chi connectivity index (χ4v) is 2.24. The lowest BCUT2D eigenvalue weighted by atomic mass is 10.1. The molecule has 0 aliphatic carbocycles. The van der Waals surface area contributed by atoms with Crippen LogP contribution in [0.25, 0.3) is 0 Å². The number of rotatable bonds is 5. The van der Waals surface area contributed by atoms with Gasteiger partial charge in [-0.2, -0.15) is 0 Å². The Hall–Kier alpha value is -1.10. The molecule has 1 heterocycles. The summed E-state index contributed by atoms with van der Waals surface area (Å²) in [7, 11) is 0. The molecule has 0 spiro atoms. The number of nitrogens with zero attached hydrogens (tertiary/aromatic N) is 1. The lowest BCUT2D eigenvalue weighted by Crippen LogP contribution is -2.38. The summed E-state index contributed by atoms with van der Waals surface area (Å²) < 4.78 is 11.1. The Morgan fingerprint density at radius 2 is 2.11 bits per heavy atom. The predicted octanol–water partition coefficient (Wildman–Crippen LogP) is 1.76. The van der Waals surface area contributed by atoms with Crippen LogP contribution in [-0.4, -0.2) is 49.5 Å². The summed E-state index contributed by atoms with van der Waals surface area (Å²) >= 11 is 0. The molecule has 1 saturated heterocycles. The van der Waals surface area contributed by atoms with Gasteiger partial charge in [-0.1, -0.05) is 11.6 Å². The van der Waals surface area contributed by atoms with Gasteiger partial charge < -0.3 is 14.6 Å². The predicted molar refractivity (Wildman–Crippen MR) is 74.6 cm³/mol. The van der Waals surface area contributed by atoms with Gasteiger partial charge in [0.15, 0.2) is 0 Å². The molecule has 1 fully saturated rings. The van der Waals surface area contributed by atoms with Crippen LogP contribution in [0.5, 0.6) is 5.75 Å². The third-order valence-electron chi connectivity index (χ3n) is 3.38. The Morgan fingerprint density at radius 1 is 1.37 bits per heavy atom. The van der Waals surface area contributed by atoms with Gasteiger partial charge in [0.25, 0.3) is 0 Å². The standard InChI is InChI=1S/C15H23NO3/c1-12-3-4-15(14(11-12)13(2)17)19-10-7-16-5-8-18-9-6-16/h3-4,11,13,17H,5-10H2,1-2H3. The van der Waals surface area contributed by atoms with Gasteiger partial charge in [0.2, 0.25) is 0 Å². The number of ether oxygens (including phenoxy) is 2. The van der Waals surface area contributed by atoms with E-state index in [1.165, 1.54) is 0 Å². The number of hydrogen-bond donors (Lipinski definition) is 1. The van der Waals surface area contributed by atoms with Crippen molar-refractivity contribution in [3.8, 4) is 5.75 Å². The SMILES string of the molecule is Cc1ccc(OCCN2CCOCC2)c(C(C)O)c1. The first-order valence-electron chi connectivity index (χ1n) is 6.88. The normalized spacial score (nSPS) is 18.3. The van der Waals surface area contributed by atoms with Crippen LogP contribution in [0, 0.1) is 6.92 Å². The molecule has 4 nitrogen and oxygen atoms in total. The second-order valence-electron chi connectivity index (χ2n) is 5.02. The number of aliphatic hydroxyl groups is 1. The highest BCUT2D eigenvalue weighted by atomic mass is 16.5. The maximum Gasteiger partial charge on any atom is 0.125 e. The van der Waals surface area contributed by atoms with Gasteiger partial charge >= 0.3 is 0 Å². The molecular weight excluding hydrogens is 242 g/mol. The van der Waals surface area contributed by atoms with Gasteiger partial charge in [-0.15, -0.1) is 0 Å². The van der Waals surface area contributed by atoms with Crippen LogP contribution in [0.3, 0.4) is 0 Å². The quantitative estimate of drug-likeness (QED) is 0.881. The van der Waals surface area contributed by atoms with Gasteiger partial charge in [-0.05, 0) is 26.0 Å². The largest absolute Gasteiger partial charge is 0.492 e. The van der Waals surface area contributed by atoms with E-state index in [0.29, 0.717) is 6.61 Å². The zero-order valence-corrected chi connectivity index (χ0v) is 11.8. The van der Waals surface area contributed by atoms with Crippen molar-refractivity contribution >= 4 is 0 Å². The van der Waals surface area contributed by atoms with E-state index in [4.69, 9.17) is 9.47 Å². The molecule has 1 aliphatic heterocycles. The Morgan fingerprint density at radius 3 is 2.79 bits per heavy atom. The molecule has 1 N–H and O–H groups in total. The van der Waals surface area contributed by atoms with Crippen LogP contribution >= 0.6 is 0 Å². The van der Waals surface area contributed by atoms with Crippen LogP contribution in [0.2, 0.25) is 0 Å². The number of benzene rings is 1.